The molecule has 1 saturated carbocycles. The van der Waals surface area contributed by atoms with E-state index in [0.29, 0.717) is 17.3 Å². The minimum Gasteiger partial charge on any atom is -0.478 e. The van der Waals surface area contributed by atoms with Gasteiger partial charge in [-0.2, -0.15) is 0 Å². The van der Waals surface area contributed by atoms with Gasteiger partial charge in [-0.05, 0) is 36.5 Å². The van der Waals surface area contributed by atoms with Crippen molar-refractivity contribution in [1.29, 1.82) is 0 Å². The van der Waals surface area contributed by atoms with Gasteiger partial charge in [0.25, 0.3) is 0 Å². The van der Waals surface area contributed by atoms with Crippen LogP contribution in [0.25, 0.3) is 0 Å². The van der Waals surface area contributed by atoms with Crippen LogP contribution in [0.1, 0.15) is 32.6 Å². The van der Waals surface area contributed by atoms with Crippen LogP contribution in [-0.2, 0) is 14.3 Å². The maximum absolute atomic E-state index is 12.6. The van der Waals surface area contributed by atoms with Crippen molar-refractivity contribution in [2.24, 2.45) is 17.3 Å². The second kappa shape index (κ2) is 7.84. The molecule has 3 atom stereocenters. The minimum absolute atomic E-state index is 0.149. The molecule has 1 fully saturated rings. The average Bonchev–Trinajstić information content (AvgIpc) is 3.21. The number of nitrogens with zero attached hydrogens (tertiary/aromatic N) is 1. The molecule has 0 radical (unpaired) electrons. The highest BCUT2D eigenvalue weighted by Crippen LogP contribution is 2.59. The van der Waals surface area contributed by atoms with E-state index >= 15 is 0 Å². The lowest BCUT2D eigenvalue weighted by Gasteiger charge is -2.14. The van der Waals surface area contributed by atoms with Crippen LogP contribution in [0.15, 0.2) is 60.7 Å². The third-order valence-electron chi connectivity index (χ3n) is 5.03. The lowest BCUT2D eigenvalue weighted by molar-refractivity contribution is -0.151. The Kier molecular flexibility index (Phi) is 5.49. The molecule has 0 saturated heterocycles. The van der Waals surface area contributed by atoms with Crippen molar-refractivity contribution in [3.63, 3.8) is 0 Å². The number of aromatic nitrogens is 1. The van der Waals surface area contributed by atoms with Crippen LogP contribution >= 0.6 is 0 Å². The molecular formula is C22H23NO5. The van der Waals surface area contributed by atoms with E-state index in [2.05, 4.69) is 4.98 Å². The van der Waals surface area contributed by atoms with Gasteiger partial charge in [0.1, 0.15) is 11.9 Å². The van der Waals surface area contributed by atoms with Crippen LogP contribution in [0.5, 0.6) is 11.6 Å². The van der Waals surface area contributed by atoms with Crippen molar-refractivity contribution in [2.45, 2.75) is 26.9 Å². The number of benzene rings is 1. The van der Waals surface area contributed by atoms with Crippen molar-refractivity contribution in [3.8, 4) is 11.6 Å². The number of carbonyl (C=O) groups excluding carboxylic acids is 1. The van der Waals surface area contributed by atoms with E-state index in [-0.39, 0.29) is 23.2 Å². The summed E-state index contributed by atoms with van der Waals surface area (Å²) < 4.78 is 11.3. The quantitative estimate of drug-likeness (QED) is 0.565. The van der Waals surface area contributed by atoms with Gasteiger partial charge in [-0.1, -0.05) is 44.2 Å². The summed E-state index contributed by atoms with van der Waals surface area (Å²) in [5.41, 5.74) is 0.256. The molecule has 2 aromatic rings. The van der Waals surface area contributed by atoms with Crippen molar-refractivity contribution >= 4 is 11.9 Å². The van der Waals surface area contributed by atoms with E-state index in [4.69, 9.17) is 14.6 Å². The van der Waals surface area contributed by atoms with E-state index < -0.39 is 12.1 Å². The molecule has 1 aromatic heterocycles. The van der Waals surface area contributed by atoms with Crippen molar-refractivity contribution in [2.75, 3.05) is 0 Å². The highest BCUT2D eigenvalue weighted by atomic mass is 16.5. The predicted octanol–water partition coefficient (Wildman–Crippen LogP) is 4.39. The summed E-state index contributed by atoms with van der Waals surface area (Å²) >= 11 is 0. The van der Waals surface area contributed by atoms with Crippen LogP contribution in [0, 0.1) is 17.3 Å². The summed E-state index contributed by atoms with van der Waals surface area (Å²) in [4.78, 5) is 27.7. The minimum atomic E-state index is -1.03. The number of hydrogen-bond donors (Lipinski definition) is 1. The molecule has 6 heteroatoms. The Morgan fingerprint density at radius 1 is 1.14 bits per heavy atom. The molecule has 28 heavy (non-hydrogen) atoms. The van der Waals surface area contributed by atoms with Crippen molar-refractivity contribution < 1.29 is 24.2 Å². The molecule has 0 bridgehead atoms. The van der Waals surface area contributed by atoms with Gasteiger partial charge in [-0.15, -0.1) is 0 Å². The van der Waals surface area contributed by atoms with Gasteiger partial charge in [0.15, 0.2) is 0 Å². The number of allylic oxidation sites excluding steroid dienone is 1. The molecule has 1 aliphatic rings. The molecule has 0 spiro atoms. The number of rotatable bonds is 7. The predicted molar refractivity (Wildman–Crippen MR) is 103 cm³/mol. The molecule has 146 valence electrons. The fourth-order valence-corrected chi connectivity index (χ4v) is 3.30. The number of carboxylic acids is 1. The number of carboxylic acid groups (broad SMARTS) is 1. The summed E-state index contributed by atoms with van der Waals surface area (Å²) in [6, 6.07) is 14.6. The fraction of sp³-hybridized carbons (Fsp3) is 0.318. The van der Waals surface area contributed by atoms with Gasteiger partial charge in [0.05, 0.1) is 11.6 Å². The normalized spacial score (nSPS) is 21.1. The number of para-hydroxylation sites is 1. The van der Waals surface area contributed by atoms with E-state index in [0.717, 1.165) is 6.08 Å². The van der Waals surface area contributed by atoms with Gasteiger partial charge >= 0.3 is 11.9 Å². The molecule has 1 unspecified atom stereocenters. The smallest absolute Gasteiger partial charge is 0.327 e. The summed E-state index contributed by atoms with van der Waals surface area (Å²) in [5, 5.41) is 8.79. The first-order valence-corrected chi connectivity index (χ1v) is 9.10. The molecule has 0 amide bonds. The van der Waals surface area contributed by atoms with Crippen LogP contribution in [0.2, 0.25) is 0 Å². The topological polar surface area (TPSA) is 85.7 Å². The summed E-state index contributed by atoms with van der Waals surface area (Å²) in [6.07, 6.45) is 2.09. The SMILES string of the molecule is CC(OC(=O)[C@@H]1[C@H](/C=C\C(=O)O)C1(C)C)c1cccc(Oc2ccccc2)n1. The molecular weight excluding hydrogens is 358 g/mol. The molecule has 6 nitrogen and oxygen atoms in total. The van der Waals surface area contributed by atoms with Crippen LogP contribution < -0.4 is 4.74 Å². The first kappa shape index (κ1) is 19.6. The number of ether oxygens (including phenoxy) is 2. The molecule has 1 aromatic carbocycles. The van der Waals surface area contributed by atoms with Crippen LogP contribution in [-0.4, -0.2) is 22.0 Å². The zero-order chi connectivity index (χ0) is 20.3. The highest BCUT2D eigenvalue weighted by molar-refractivity contribution is 5.82. The second-order valence-electron chi connectivity index (χ2n) is 7.42. The third kappa shape index (κ3) is 4.39. The number of pyridine rings is 1. The summed E-state index contributed by atoms with van der Waals surface area (Å²) in [5.74, 6) is -0.806. The van der Waals surface area contributed by atoms with Crippen LogP contribution in [0.3, 0.4) is 0 Å². The molecule has 3 rings (SSSR count). The molecule has 1 heterocycles. The Hall–Kier alpha value is -3.15. The van der Waals surface area contributed by atoms with Crippen molar-refractivity contribution in [1.82, 2.24) is 4.98 Å². The maximum Gasteiger partial charge on any atom is 0.327 e. The lowest BCUT2D eigenvalue weighted by Crippen LogP contribution is -2.14. The maximum atomic E-state index is 12.6. The van der Waals surface area contributed by atoms with Gasteiger partial charge in [-0.25, -0.2) is 9.78 Å². The largest absolute Gasteiger partial charge is 0.478 e. The summed E-state index contributed by atoms with van der Waals surface area (Å²) in [6.45, 7) is 5.60. The Bertz CT molecular complexity index is 891. The Morgan fingerprint density at radius 3 is 2.54 bits per heavy atom. The number of esters is 1. The first-order valence-electron chi connectivity index (χ1n) is 9.10. The van der Waals surface area contributed by atoms with Gasteiger partial charge in [0.2, 0.25) is 5.88 Å². The van der Waals surface area contributed by atoms with E-state index in [1.54, 1.807) is 31.2 Å². The zero-order valence-electron chi connectivity index (χ0n) is 16.0. The van der Waals surface area contributed by atoms with Crippen molar-refractivity contribution in [3.05, 3.63) is 66.4 Å². The fourth-order valence-electron chi connectivity index (χ4n) is 3.30. The Balaban J connectivity index is 1.65. The standard InChI is InChI=1S/C22H23NO5/c1-14(27-21(26)20-16(22(20,2)3)12-13-19(24)25)17-10-7-11-18(23-17)28-15-8-5-4-6-9-15/h4-14,16,20H,1-3H3,(H,24,25)/b13-12-/t14?,16-,20-/m0/s1. The highest BCUT2D eigenvalue weighted by Gasteiger charge is 2.61. The number of hydrogen-bond acceptors (Lipinski definition) is 5. The first-order chi connectivity index (χ1) is 13.3. The second-order valence-corrected chi connectivity index (χ2v) is 7.42. The number of carbonyl (C=O) groups is 2. The monoisotopic (exact) mass is 381 g/mol. The van der Waals surface area contributed by atoms with Gasteiger partial charge in [0, 0.05) is 12.1 Å². The molecule has 0 aliphatic heterocycles. The van der Waals surface area contributed by atoms with E-state index in [1.807, 2.05) is 44.2 Å². The van der Waals surface area contributed by atoms with E-state index in [9.17, 15) is 9.59 Å². The zero-order valence-corrected chi connectivity index (χ0v) is 16.0. The molecule has 1 aliphatic carbocycles. The lowest BCUT2D eigenvalue weighted by atomic mass is 10.1. The number of aliphatic carboxylic acids is 1. The molecule has 1 N–H and O–H groups in total. The van der Waals surface area contributed by atoms with Crippen LogP contribution in [0.4, 0.5) is 0 Å². The van der Waals surface area contributed by atoms with E-state index in [1.165, 1.54) is 0 Å². The van der Waals surface area contributed by atoms with Gasteiger partial charge in [-0.3, -0.25) is 4.79 Å². The summed E-state index contributed by atoms with van der Waals surface area (Å²) in [7, 11) is 0. The average molecular weight is 381 g/mol. The third-order valence-corrected chi connectivity index (χ3v) is 5.03. The van der Waals surface area contributed by atoms with Gasteiger partial charge < -0.3 is 14.6 Å². The Labute approximate surface area is 163 Å². The Morgan fingerprint density at radius 2 is 1.86 bits per heavy atom.